The van der Waals surface area contributed by atoms with E-state index in [-0.39, 0.29) is 17.9 Å². The molecule has 1 rings (SSSR count). The smallest absolute Gasteiger partial charge is 0.335 e. The van der Waals surface area contributed by atoms with E-state index in [2.05, 4.69) is 4.84 Å². The third-order valence-electron chi connectivity index (χ3n) is 2.94. The molecule has 1 unspecified atom stereocenters. The number of hydrogen-bond acceptors (Lipinski definition) is 5. The van der Waals surface area contributed by atoms with E-state index in [1.54, 1.807) is 12.1 Å². The largest absolute Gasteiger partial charge is 0.478 e. The van der Waals surface area contributed by atoms with Crippen molar-refractivity contribution in [3.8, 4) is 0 Å². The summed E-state index contributed by atoms with van der Waals surface area (Å²) in [4.78, 5) is 48.0. The number of carbonyl (C=O) groups is 4. The van der Waals surface area contributed by atoms with E-state index in [9.17, 15) is 19.2 Å². The summed E-state index contributed by atoms with van der Waals surface area (Å²) in [5.41, 5.74) is 2.96. The third kappa shape index (κ3) is 6.17. The lowest BCUT2D eigenvalue weighted by Crippen LogP contribution is -2.26. The van der Waals surface area contributed by atoms with Gasteiger partial charge in [-0.3, -0.25) is 9.59 Å². The molecule has 0 radical (unpaired) electrons. The quantitative estimate of drug-likeness (QED) is 0.577. The van der Waals surface area contributed by atoms with E-state index in [1.165, 1.54) is 12.1 Å². The van der Waals surface area contributed by atoms with Crippen molar-refractivity contribution in [2.75, 3.05) is 0 Å². The molecule has 22 heavy (non-hydrogen) atoms. The van der Waals surface area contributed by atoms with Gasteiger partial charge in [-0.15, -0.1) is 0 Å². The number of carboxylic acids is 1. The van der Waals surface area contributed by atoms with E-state index >= 15 is 0 Å². The second-order valence-electron chi connectivity index (χ2n) is 4.76. The molecule has 0 aliphatic rings. The summed E-state index contributed by atoms with van der Waals surface area (Å²) in [7, 11) is 0. The second-order valence-corrected chi connectivity index (χ2v) is 4.76. The van der Waals surface area contributed by atoms with Crippen LogP contribution in [0.15, 0.2) is 24.3 Å². The zero-order valence-corrected chi connectivity index (χ0v) is 12.1. The molecule has 0 bridgehead atoms. The Bertz CT molecular complexity index is 552. The summed E-state index contributed by atoms with van der Waals surface area (Å²) < 4.78 is 0. The van der Waals surface area contributed by atoms with Crippen LogP contribution in [0, 0.1) is 5.92 Å². The number of benzene rings is 1. The fraction of sp³-hybridized carbons (Fsp3) is 0.333. The highest BCUT2D eigenvalue weighted by Crippen LogP contribution is 2.13. The number of aromatic carboxylic acids is 1. The van der Waals surface area contributed by atoms with Gasteiger partial charge in [0.15, 0.2) is 0 Å². The fourth-order valence-electron chi connectivity index (χ4n) is 1.80. The number of rotatable bonds is 7. The Balaban J connectivity index is 2.47. The first kappa shape index (κ1) is 17.4. The Morgan fingerprint density at radius 2 is 1.91 bits per heavy atom. The van der Waals surface area contributed by atoms with E-state index in [1.807, 2.05) is 5.48 Å². The average molecular weight is 307 g/mol. The van der Waals surface area contributed by atoms with Gasteiger partial charge in [-0.25, -0.2) is 4.79 Å². The molecule has 0 aliphatic carbocycles. The minimum atomic E-state index is -1.01. The lowest BCUT2D eigenvalue weighted by Gasteiger charge is -2.10. The van der Waals surface area contributed by atoms with Crippen LogP contribution >= 0.6 is 0 Å². The molecular weight excluding hydrogens is 290 g/mol. The topological polar surface area (TPSA) is 110 Å². The third-order valence-corrected chi connectivity index (χ3v) is 2.94. The van der Waals surface area contributed by atoms with Gasteiger partial charge in [0, 0.05) is 19.3 Å². The van der Waals surface area contributed by atoms with Crippen LogP contribution in [0.1, 0.15) is 35.7 Å². The summed E-state index contributed by atoms with van der Waals surface area (Å²) in [6.45, 7) is 1.16. The highest BCUT2D eigenvalue weighted by Gasteiger charge is 2.12. The monoisotopic (exact) mass is 307 g/mol. The minimum absolute atomic E-state index is 0.0455. The first-order valence-corrected chi connectivity index (χ1v) is 6.66. The van der Waals surface area contributed by atoms with Crippen molar-refractivity contribution in [2.45, 2.75) is 26.2 Å². The highest BCUT2D eigenvalue weighted by molar-refractivity contribution is 5.87. The number of hydroxylamine groups is 1. The lowest BCUT2D eigenvalue weighted by molar-refractivity contribution is -0.156. The Kier molecular flexibility index (Phi) is 6.75. The second kappa shape index (κ2) is 8.56. The summed E-state index contributed by atoms with van der Waals surface area (Å²) >= 11 is 0. The Labute approximate surface area is 127 Å². The van der Waals surface area contributed by atoms with Gasteiger partial charge >= 0.3 is 11.9 Å². The predicted molar refractivity (Wildman–Crippen MR) is 75.8 cm³/mol. The van der Waals surface area contributed by atoms with Crippen LogP contribution in [0.2, 0.25) is 0 Å². The SMILES string of the molecule is CC(=O)ONC(=O)CCC(C=O)Cc1ccc(C(=O)O)cc1. The van der Waals surface area contributed by atoms with Gasteiger partial charge < -0.3 is 14.7 Å². The van der Waals surface area contributed by atoms with Gasteiger partial charge in [0.05, 0.1) is 5.56 Å². The predicted octanol–water partition coefficient (Wildman–Crippen LogP) is 1.12. The molecule has 1 amide bonds. The molecule has 2 N–H and O–H groups in total. The van der Waals surface area contributed by atoms with E-state index in [0.29, 0.717) is 12.8 Å². The molecular formula is C15H17NO6. The van der Waals surface area contributed by atoms with Crippen LogP contribution in [0.4, 0.5) is 0 Å². The van der Waals surface area contributed by atoms with Crippen LogP contribution in [0.3, 0.4) is 0 Å². The molecule has 7 nitrogen and oxygen atoms in total. The molecule has 0 spiro atoms. The summed E-state index contributed by atoms with van der Waals surface area (Å²) in [6.07, 6.45) is 1.51. The number of carbonyl (C=O) groups excluding carboxylic acids is 3. The number of hydrogen-bond donors (Lipinski definition) is 2. The van der Waals surface area contributed by atoms with Gasteiger partial charge in [0.25, 0.3) is 5.91 Å². The molecule has 1 aromatic rings. The molecule has 0 heterocycles. The van der Waals surface area contributed by atoms with Gasteiger partial charge in [0.2, 0.25) is 0 Å². The Morgan fingerprint density at radius 1 is 1.27 bits per heavy atom. The summed E-state index contributed by atoms with van der Waals surface area (Å²) in [6, 6.07) is 6.21. The van der Waals surface area contributed by atoms with Gasteiger partial charge in [-0.1, -0.05) is 12.1 Å². The number of aldehydes is 1. The number of nitrogens with one attached hydrogen (secondary N) is 1. The van der Waals surface area contributed by atoms with Crippen molar-refractivity contribution in [3.63, 3.8) is 0 Å². The lowest BCUT2D eigenvalue weighted by atomic mass is 9.95. The first-order chi connectivity index (χ1) is 10.4. The Morgan fingerprint density at radius 3 is 2.41 bits per heavy atom. The molecule has 0 saturated carbocycles. The number of amides is 1. The normalized spacial score (nSPS) is 11.3. The van der Waals surface area contributed by atoms with Gasteiger partial charge in [-0.2, -0.15) is 5.48 Å². The average Bonchev–Trinajstić information content (AvgIpc) is 2.49. The zero-order valence-electron chi connectivity index (χ0n) is 12.1. The van der Waals surface area contributed by atoms with Crippen molar-refractivity contribution in [3.05, 3.63) is 35.4 Å². The maximum atomic E-state index is 11.4. The fourth-order valence-corrected chi connectivity index (χ4v) is 1.80. The van der Waals surface area contributed by atoms with Crippen LogP contribution in [-0.2, 0) is 25.6 Å². The molecule has 118 valence electrons. The van der Waals surface area contributed by atoms with E-state index < -0.39 is 17.8 Å². The van der Waals surface area contributed by atoms with Crippen LogP contribution < -0.4 is 5.48 Å². The highest BCUT2D eigenvalue weighted by atomic mass is 16.7. The molecule has 1 aromatic carbocycles. The van der Waals surface area contributed by atoms with Crippen molar-refractivity contribution in [1.29, 1.82) is 0 Å². The van der Waals surface area contributed by atoms with E-state index in [0.717, 1.165) is 18.8 Å². The maximum absolute atomic E-state index is 11.4. The van der Waals surface area contributed by atoms with E-state index in [4.69, 9.17) is 5.11 Å². The molecule has 0 saturated heterocycles. The minimum Gasteiger partial charge on any atom is -0.478 e. The van der Waals surface area contributed by atoms with Crippen molar-refractivity contribution >= 4 is 24.1 Å². The van der Waals surface area contributed by atoms with Crippen LogP contribution in [0.5, 0.6) is 0 Å². The molecule has 1 atom stereocenters. The van der Waals surface area contributed by atoms with Crippen molar-refractivity contribution in [1.82, 2.24) is 5.48 Å². The maximum Gasteiger partial charge on any atom is 0.335 e. The molecule has 0 aliphatic heterocycles. The first-order valence-electron chi connectivity index (χ1n) is 6.66. The van der Waals surface area contributed by atoms with Crippen molar-refractivity contribution in [2.24, 2.45) is 5.92 Å². The molecule has 0 fully saturated rings. The van der Waals surface area contributed by atoms with Crippen LogP contribution in [-0.4, -0.2) is 29.2 Å². The zero-order chi connectivity index (χ0) is 16.5. The van der Waals surface area contributed by atoms with Gasteiger partial charge in [0.1, 0.15) is 6.29 Å². The molecule has 7 heteroatoms. The molecule has 0 aromatic heterocycles. The van der Waals surface area contributed by atoms with Crippen LogP contribution in [0.25, 0.3) is 0 Å². The Hall–Kier alpha value is -2.70. The van der Waals surface area contributed by atoms with Gasteiger partial charge in [-0.05, 0) is 30.5 Å². The summed E-state index contributed by atoms with van der Waals surface area (Å²) in [5, 5.41) is 8.80. The standard InChI is InChI=1S/C15H17NO6/c1-10(18)22-16-14(19)7-4-12(9-17)8-11-2-5-13(6-3-11)15(20)21/h2-3,5-6,9,12H,4,7-8H2,1H3,(H,16,19)(H,20,21). The number of carboxylic acid groups (broad SMARTS) is 1. The summed E-state index contributed by atoms with van der Waals surface area (Å²) in [5.74, 6) is -2.50. The van der Waals surface area contributed by atoms with Crippen molar-refractivity contribution < 1.29 is 29.1 Å².